The maximum atomic E-state index is 12.9. The lowest BCUT2D eigenvalue weighted by molar-refractivity contribution is -0.116. The first-order valence-electron chi connectivity index (χ1n) is 8.26. The number of nitrogens with zero attached hydrogens (tertiary/aromatic N) is 1. The van der Waals surface area contributed by atoms with Crippen molar-refractivity contribution in [2.75, 3.05) is 31.6 Å². The fourth-order valence-corrected chi connectivity index (χ4v) is 4.29. The van der Waals surface area contributed by atoms with E-state index in [2.05, 4.69) is 5.32 Å². The predicted molar refractivity (Wildman–Crippen MR) is 92.5 cm³/mol. The Hall–Kier alpha value is -1.64. The Balaban J connectivity index is 2.29. The third-order valence-corrected chi connectivity index (χ3v) is 5.74. The summed E-state index contributed by atoms with van der Waals surface area (Å²) in [7, 11) is -3.63. The van der Waals surface area contributed by atoms with E-state index in [9.17, 15) is 13.2 Å². The molecule has 8 heteroatoms. The first kappa shape index (κ1) is 18.7. The number of nitrogens with two attached hydrogens (primary N) is 1. The second-order valence-electron chi connectivity index (χ2n) is 5.65. The first-order valence-corrected chi connectivity index (χ1v) is 9.70. The van der Waals surface area contributed by atoms with E-state index in [-0.39, 0.29) is 10.8 Å². The molecular weight excluding hydrogens is 330 g/mol. The van der Waals surface area contributed by atoms with Gasteiger partial charge in [-0.2, -0.15) is 4.31 Å². The minimum Gasteiger partial charge on any atom is -0.492 e. The molecule has 24 heavy (non-hydrogen) atoms. The summed E-state index contributed by atoms with van der Waals surface area (Å²) >= 11 is 0. The highest BCUT2D eigenvalue weighted by Gasteiger charge is 2.30. The van der Waals surface area contributed by atoms with Crippen LogP contribution in [0.4, 0.5) is 5.69 Å². The Morgan fingerprint density at radius 1 is 1.33 bits per heavy atom. The molecule has 1 aliphatic heterocycles. The maximum Gasteiger partial charge on any atom is 0.246 e. The van der Waals surface area contributed by atoms with Crippen molar-refractivity contribution in [2.24, 2.45) is 5.73 Å². The highest BCUT2D eigenvalue weighted by molar-refractivity contribution is 7.89. The Kier molecular flexibility index (Phi) is 6.59. The lowest BCUT2D eigenvalue weighted by Gasteiger charge is -2.19. The summed E-state index contributed by atoms with van der Waals surface area (Å²) in [4.78, 5) is 11.9. The molecule has 0 aliphatic carbocycles. The van der Waals surface area contributed by atoms with Gasteiger partial charge in [0.2, 0.25) is 15.9 Å². The number of ether oxygens (including phenoxy) is 1. The summed E-state index contributed by atoms with van der Waals surface area (Å²) in [6.07, 6.45) is 2.61. The quantitative estimate of drug-likeness (QED) is 0.736. The van der Waals surface area contributed by atoms with Crippen molar-refractivity contribution in [1.82, 2.24) is 4.31 Å². The molecule has 0 atom stereocenters. The van der Waals surface area contributed by atoms with Gasteiger partial charge < -0.3 is 15.8 Å². The molecule has 0 aromatic heterocycles. The number of nitrogens with one attached hydrogen (secondary N) is 1. The molecular formula is C16H25N3O4S. The molecule has 1 aliphatic rings. The molecule has 134 valence electrons. The Bertz CT molecular complexity index is 670. The van der Waals surface area contributed by atoms with Crippen LogP contribution in [0, 0.1) is 0 Å². The van der Waals surface area contributed by atoms with Crippen LogP contribution in [0.2, 0.25) is 0 Å². The fraction of sp³-hybridized carbons (Fsp3) is 0.562. The van der Waals surface area contributed by atoms with E-state index < -0.39 is 10.0 Å². The fourth-order valence-electron chi connectivity index (χ4n) is 2.62. The summed E-state index contributed by atoms with van der Waals surface area (Å²) < 4.78 is 32.6. The van der Waals surface area contributed by atoms with Gasteiger partial charge in [-0.05, 0) is 50.9 Å². The minimum atomic E-state index is -3.63. The summed E-state index contributed by atoms with van der Waals surface area (Å²) in [6.45, 7) is 3.63. The van der Waals surface area contributed by atoms with Crippen LogP contribution < -0.4 is 15.8 Å². The van der Waals surface area contributed by atoms with Gasteiger partial charge in [-0.25, -0.2) is 8.42 Å². The van der Waals surface area contributed by atoms with Gasteiger partial charge in [0.25, 0.3) is 0 Å². The van der Waals surface area contributed by atoms with E-state index in [4.69, 9.17) is 10.5 Å². The highest BCUT2D eigenvalue weighted by atomic mass is 32.2. The second-order valence-corrected chi connectivity index (χ2v) is 7.55. The Labute approximate surface area is 143 Å². The van der Waals surface area contributed by atoms with Crippen LogP contribution in [-0.2, 0) is 14.8 Å². The van der Waals surface area contributed by atoms with Gasteiger partial charge in [0, 0.05) is 25.2 Å². The molecule has 1 aromatic carbocycles. The van der Waals surface area contributed by atoms with Crippen molar-refractivity contribution in [3.8, 4) is 5.75 Å². The van der Waals surface area contributed by atoms with Gasteiger partial charge in [0.15, 0.2) is 0 Å². The number of benzene rings is 1. The lowest BCUT2D eigenvalue weighted by Crippen LogP contribution is -2.28. The molecule has 1 fully saturated rings. The summed E-state index contributed by atoms with van der Waals surface area (Å²) in [5.74, 6) is 0.124. The van der Waals surface area contributed by atoms with Crippen molar-refractivity contribution in [3.05, 3.63) is 18.2 Å². The number of amides is 1. The van der Waals surface area contributed by atoms with E-state index >= 15 is 0 Å². The van der Waals surface area contributed by atoms with Gasteiger partial charge in [-0.1, -0.05) is 0 Å². The van der Waals surface area contributed by atoms with Crippen molar-refractivity contribution < 1.29 is 17.9 Å². The minimum absolute atomic E-state index is 0.0999. The van der Waals surface area contributed by atoms with Gasteiger partial charge in [-0.3, -0.25) is 4.79 Å². The van der Waals surface area contributed by atoms with Crippen molar-refractivity contribution in [2.45, 2.75) is 37.5 Å². The first-order chi connectivity index (χ1) is 11.5. The Morgan fingerprint density at radius 3 is 2.67 bits per heavy atom. The topological polar surface area (TPSA) is 102 Å². The molecule has 0 radical (unpaired) electrons. The molecule has 0 saturated carbocycles. The average molecular weight is 355 g/mol. The smallest absolute Gasteiger partial charge is 0.246 e. The number of anilines is 1. The van der Waals surface area contributed by atoms with Crippen molar-refractivity contribution in [3.63, 3.8) is 0 Å². The van der Waals surface area contributed by atoms with Crippen molar-refractivity contribution >= 4 is 21.6 Å². The van der Waals surface area contributed by atoms with Crippen LogP contribution in [0.5, 0.6) is 5.75 Å². The largest absolute Gasteiger partial charge is 0.492 e. The van der Waals surface area contributed by atoms with Gasteiger partial charge in [0.05, 0.1) is 6.61 Å². The normalized spacial score (nSPS) is 15.4. The molecule has 2 rings (SSSR count). The van der Waals surface area contributed by atoms with Gasteiger partial charge in [0.1, 0.15) is 10.6 Å². The zero-order valence-corrected chi connectivity index (χ0v) is 14.8. The van der Waals surface area contributed by atoms with Crippen molar-refractivity contribution in [1.29, 1.82) is 0 Å². The maximum absolute atomic E-state index is 12.9. The van der Waals surface area contributed by atoms with E-state index in [0.717, 1.165) is 12.8 Å². The van der Waals surface area contributed by atoms with Crippen LogP contribution in [0.1, 0.15) is 32.6 Å². The predicted octanol–water partition coefficient (Wildman–Crippen LogP) is 1.55. The molecule has 1 amide bonds. The SMILES string of the molecule is CCOc1ccc(NC(=O)CCCN)cc1S(=O)(=O)N1CCCC1. The summed E-state index contributed by atoms with van der Waals surface area (Å²) in [6, 6.07) is 4.71. The van der Waals surface area contributed by atoms with Crippen LogP contribution in [-0.4, -0.2) is 44.9 Å². The average Bonchev–Trinajstić information content (AvgIpc) is 3.10. The van der Waals surface area contributed by atoms with Gasteiger partial charge >= 0.3 is 0 Å². The van der Waals surface area contributed by atoms with Gasteiger partial charge in [-0.15, -0.1) is 0 Å². The highest BCUT2D eigenvalue weighted by Crippen LogP contribution is 2.31. The number of carbonyl (C=O) groups excluding carboxylic acids is 1. The number of hydrogen-bond acceptors (Lipinski definition) is 5. The molecule has 3 N–H and O–H groups in total. The molecule has 1 heterocycles. The monoisotopic (exact) mass is 355 g/mol. The third kappa shape index (κ3) is 4.46. The van der Waals surface area contributed by atoms with Crippen LogP contribution >= 0.6 is 0 Å². The summed E-state index contributed by atoms with van der Waals surface area (Å²) in [5, 5.41) is 2.72. The number of carbonyl (C=O) groups is 1. The van der Waals surface area contributed by atoms with E-state index in [1.807, 2.05) is 0 Å². The number of sulfonamides is 1. The number of hydrogen-bond donors (Lipinski definition) is 2. The third-order valence-electron chi connectivity index (χ3n) is 3.82. The zero-order valence-electron chi connectivity index (χ0n) is 14.0. The second kappa shape index (κ2) is 8.46. The van der Waals surface area contributed by atoms with E-state index in [1.54, 1.807) is 19.1 Å². The molecule has 1 saturated heterocycles. The standard InChI is InChI=1S/C16H25N3O4S/c1-2-23-14-8-7-13(18-16(20)6-5-9-17)12-15(14)24(21,22)19-10-3-4-11-19/h7-8,12H,2-6,9-11,17H2,1H3,(H,18,20). The molecule has 0 unspecified atom stereocenters. The molecule has 0 spiro atoms. The van der Waals surface area contributed by atoms with Crippen LogP contribution in [0.15, 0.2) is 23.1 Å². The molecule has 1 aromatic rings. The van der Waals surface area contributed by atoms with Crippen LogP contribution in [0.3, 0.4) is 0 Å². The molecule has 0 bridgehead atoms. The lowest BCUT2D eigenvalue weighted by atomic mass is 10.2. The van der Waals surface area contributed by atoms with E-state index in [1.165, 1.54) is 10.4 Å². The van der Waals surface area contributed by atoms with E-state index in [0.29, 0.717) is 50.5 Å². The molecule has 7 nitrogen and oxygen atoms in total. The Morgan fingerprint density at radius 2 is 2.04 bits per heavy atom. The zero-order chi connectivity index (χ0) is 17.6. The summed E-state index contributed by atoms with van der Waals surface area (Å²) in [5.41, 5.74) is 5.84. The van der Waals surface area contributed by atoms with Crippen LogP contribution in [0.25, 0.3) is 0 Å². The number of rotatable bonds is 8.